The van der Waals surface area contributed by atoms with Gasteiger partial charge in [0.1, 0.15) is 10.6 Å². The summed E-state index contributed by atoms with van der Waals surface area (Å²) in [6.45, 7) is 0. The smallest absolute Gasteiger partial charge is 0.241 e. The minimum absolute atomic E-state index is 0.0706. The first-order chi connectivity index (χ1) is 6.97. The standard InChI is InChI=1S/C9H10INO3S/c10-6-1-4-8(14-7-2-3-7)9(5-6)15(11,12)13/h1,4-5,7H,2-3H2,(H2,11,12,13). The third-order valence-corrected chi connectivity index (χ3v) is 3.63. The molecule has 0 radical (unpaired) electrons. The average Bonchev–Trinajstić information content (AvgIpc) is 2.90. The molecule has 0 aromatic heterocycles. The maximum Gasteiger partial charge on any atom is 0.241 e. The lowest BCUT2D eigenvalue weighted by molar-refractivity contribution is 0.295. The van der Waals surface area contributed by atoms with Crippen LogP contribution >= 0.6 is 22.6 Å². The normalized spacial score (nSPS) is 16.4. The van der Waals surface area contributed by atoms with Crippen LogP contribution in [0.1, 0.15) is 12.8 Å². The van der Waals surface area contributed by atoms with Crippen LogP contribution in [-0.2, 0) is 10.0 Å². The van der Waals surface area contributed by atoms with Gasteiger partial charge in [0.05, 0.1) is 6.10 Å². The van der Waals surface area contributed by atoms with Gasteiger partial charge in [0.25, 0.3) is 0 Å². The first-order valence-electron chi connectivity index (χ1n) is 4.46. The molecule has 0 bridgehead atoms. The fraction of sp³-hybridized carbons (Fsp3) is 0.333. The van der Waals surface area contributed by atoms with Crippen LogP contribution in [0.5, 0.6) is 5.75 Å². The van der Waals surface area contributed by atoms with E-state index in [2.05, 4.69) is 0 Å². The fourth-order valence-electron chi connectivity index (χ4n) is 1.17. The zero-order valence-electron chi connectivity index (χ0n) is 7.81. The van der Waals surface area contributed by atoms with Gasteiger partial charge in [-0.05, 0) is 53.6 Å². The molecule has 0 spiro atoms. The Labute approximate surface area is 102 Å². The molecule has 0 amide bonds. The molecule has 1 saturated carbocycles. The molecule has 6 heteroatoms. The zero-order chi connectivity index (χ0) is 11.1. The highest BCUT2D eigenvalue weighted by atomic mass is 127. The van der Waals surface area contributed by atoms with E-state index in [1.807, 2.05) is 22.6 Å². The molecule has 4 nitrogen and oxygen atoms in total. The van der Waals surface area contributed by atoms with Crippen LogP contribution in [0.2, 0.25) is 0 Å². The van der Waals surface area contributed by atoms with E-state index < -0.39 is 10.0 Å². The summed E-state index contributed by atoms with van der Waals surface area (Å²) >= 11 is 2.04. The van der Waals surface area contributed by atoms with Crippen molar-refractivity contribution in [1.29, 1.82) is 0 Å². The first kappa shape index (κ1) is 11.2. The fourth-order valence-corrected chi connectivity index (χ4v) is 2.56. The molecular weight excluding hydrogens is 329 g/mol. The summed E-state index contributed by atoms with van der Waals surface area (Å²) in [6, 6.07) is 4.97. The van der Waals surface area contributed by atoms with Crippen molar-refractivity contribution in [1.82, 2.24) is 0 Å². The van der Waals surface area contributed by atoms with E-state index in [9.17, 15) is 8.42 Å². The predicted octanol–water partition coefficient (Wildman–Crippen LogP) is 1.48. The lowest BCUT2D eigenvalue weighted by atomic mass is 10.3. The molecule has 2 rings (SSSR count). The largest absolute Gasteiger partial charge is 0.489 e. The van der Waals surface area contributed by atoms with Gasteiger partial charge < -0.3 is 4.74 Å². The molecule has 0 heterocycles. The maximum atomic E-state index is 11.3. The Balaban J connectivity index is 2.43. The Bertz CT molecular complexity index is 482. The van der Waals surface area contributed by atoms with E-state index in [1.54, 1.807) is 12.1 Å². The van der Waals surface area contributed by atoms with E-state index in [0.717, 1.165) is 16.4 Å². The number of halogens is 1. The van der Waals surface area contributed by atoms with Gasteiger partial charge in [-0.1, -0.05) is 0 Å². The zero-order valence-corrected chi connectivity index (χ0v) is 10.8. The van der Waals surface area contributed by atoms with Crippen LogP contribution in [0.4, 0.5) is 0 Å². The molecule has 2 N–H and O–H groups in total. The van der Waals surface area contributed by atoms with Gasteiger partial charge in [-0.2, -0.15) is 0 Å². The monoisotopic (exact) mass is 339 g/mol. The Kier molecular flexibility index (Phi) is 2.91. The number of nitrogens with two attached hydrogens (primary N) is 1. The third kappa shape index (κ3) is 2.82. The summed E-state index contributed by atoms with van der Waals surface area (Å²) in [5, 5.41) is 5.11. The van der Waals surface area contributed by atoms with Crippen molar-refractivity contribution in [2.45, 2.75) is 23.8 Å². The summed E-state index contributed by atoms with van der Waals surface area (Å²) in [5.74, 6) is 0.361. The molecule has 0 aliphatic heterocycles. The minimum atomic E-state index is -3.70. The van der Waals surface area contributed by atoms with Crippen molar-refractivity contribution in [3.05, 3.63) is 21.8 Å². The van der Waals surface area contributed by atoms with Gasteiger partial charge in [-0.25, -0.2) is 13.6 Å². The summed E-state index contributed by atoms with van der Waals surface area (Å²) in [5.41, 5.74) is 0. The van der Waals surface area contributed by atoms with Gasteiger partial charge in [0.15, 0.2) is 0 Å². The van der Waals surface area contributed by atoms with Crippen LogP contribution in [0.15, 0.2) is 23.1 Å². The predicted molar refractivity (Wildman–Crippen MR) is 64.2 cm³/mol. The maximum absolute atomic E-state index is 11.3. The number of hydrogen-bond acceptors (Lipinski definition) is 3. The van der Waals surface area contributed by atoms with Crippen molar-refractivity contribution < 1.29 is 13.2 Å². The quantitative estimate of drug-likeness (QED) is 0.848. The van der Waals surface area contributed by atoms with Gasteiger partial charge in [0.2, 0.25) is 10.0 Å². The molecule has 1 fully saturated rings. The van der Waals surface area contributed by atoms with E-state index in [4.69, 9.17) is 9.88 Å². The van der Waals surface area contributed by atoms with Crippen LogP contribution < -0.4 is 9.88 Å². The number of primary sulfonamides is 1. The molecule has 15 heavy (non-hydrogen) atoms. The topological polar surface area (TPSA) is 69.4 Å². The number of hydrogen-bond donors (Lipinski definition) is 1. The molecule has 1 aromatic carbocycles. The van der Waals surface area contributed by atoms with Crippen LogP contribution in [0, 0.1) is 3.57 Å². The Morgan fingerprint density at radius 3 is 2.60 bits per heavy atom. The van der Waals surface area contributed by atoms with Gasteiger partial charge in [-0.15, -0.1) is 0 Å². The minimum Gasteiger partial charge on any atom is -0.489 e. The highest BCUT2D eigenvalue weighted by molar-refractivity contribution is 14.1. The van der Waals surface area contributed by atoms with Gasteiger partial charge >= 0.3 is 0 Å². The van der Waals surface area contributed by atoms with Crippen molar-refractivity contribution in [3.63, 3.8) is 0 Å². The second-order valence-corrected chi connectivity index (χ2v) is 6.23. The van der Waals surface area contributed by atoms with E-state index in [-0.39, 0.29) is 11.0 Å². The number of sulfonamides is 1. The molecule has 0 saturated heterocycles. The highest BCUT2D eigenvalue weighted by Crippen LogP contribution is 2.31. The lowest BCUT2D eigenvalue weighted by Crippen LogP contribution is -2.14. The van der Waals surface area contributed by atoms with Crippen LogP contribution in [0.25, 0.3) is 0 Å². The molecular formula is C9H10INO3S. The van der Waals surface area contributed by atoms with Crippen molar-refractivity contribution in [3.8, 4) is 5.75 Å². The second-order valence-electron chi connectivity index (χ2n) is 3.45. The average molecular weight is 339 g/mol. The molecule has 0 unspecified atom stereocenters. The van der Waals surface area contributed by atoms with Crippen molar-refractivity contribution >= 4 is 32.6 Å². The number of ether oxygens (including phenoxy) is 1. The third-order valence-electron chi connectivity index (χ3n) is 2.03. The van der Waals surface area contributed by atoms with Gasteiger partial charge in [0, 0.05) is 3.57 Å². The Morgan fingerprint density at radius 2 is 2.07 bits per heavy atom. The van der Waals surface area contributed by atoms with Crippen molar-refractivity contribution in [2.75, 3.05) is 0 Å². The molecule has 82 valence electrons. The Hall–Kier alpha value is -0.340. The molecule has 0 atom stereocenters. The Morgan fingerprint density at radius 1 is 1.40 bits per heavy atom. The summed E-state index contributed by atoms with van der Waals surface area (Å²) in [6.07, 6.45) is 2.12. The molecule has 1 aliphatic rings. The summed E-state index contributed by atoms with van der Waals surface area (Å²) < 4.78 is 28.9. The lowest BCUT2D eigenvalue weighted by Gasteiger charge is -2.09. The van der Waals surface area contributed by atoms with E-state index in [1.165, 1.54) is 6.07 Å². The molecule has 1 aliphatic carbocycles. The first-order valence-corrected chi connectivity index (χ1v) is 7.08. The summed E-state index contributed by atoms with van der Waals surface area (Å²) in [4.78, 5) is 0.0706. The van der Waals surface area contributed by atoms with E-state index in [0.29, 0.717) is 5.75 Å². The van der Waals surface area contributed by atoms with Gasteiger partial charge in [-0.3, -0.25) is 0 Å². The van der Waals surface area contributed by atoms with Crippen LogP contribution in [-0.4, -0.2) is 14.5 Å². The van der Waals surface area contributed by atoms with E-state index >= 15 is 0 Å². The second kappa shape index (κ2) is 3.91. The summed E-state index contributed by atoms with van der Waals surface area (Å²) in [7, 11) is -3.70. The SMILES string of the molecule is NS(=O)(=O)c1cc(I)ccc1OC1CC1. The number of benzene rings is 1. The van der Waals surface area contributed by atoms with Crippen molar-refractivity contribution in [2.24, 2.45) is 5.14 Å². The highest BCUT2D eigenvalue weighted by Gasteiger charge is 2.26. The van der Waals surface area contributed by atoms with Crippen LogP contribution in [0.3, 0.4) is 0 Å². The molecule has 1 aromatic rings. The number of rotatable bonds is 3.